The molecule has 2 aliphatic heterocycles. The van der Waals surface area contributed by atoms with E-state index in [0.717, 1.165) is 31.7 Å². The molecule has 4 heterocycles. The normalized spacial score (nSPS) is 28.3. The number of likely N-dealkylation sites (tertiary alicyclic amines) is 1. The summed E-state index contributed by atoms with van der Waals surface area (Å²) in [4.78, 5) is 60.2. The molecule has 0 bridgehead atoms. The predicted molar refractivity (Wildman–Crippen MR) is 184 cm³/mol. The van der Waals surface area contributed by atoms with Crippen molar-refractivity contribution in [3.8, 4) is 16.3 Å². The maximum absolute atomic E-state index is 14.9. The number of amides is 4. The number of anilines is 1. The monoisotopic (exact) mass is 682 g/mol. The largest absolute Gasteiger partial charge is 0.508 e. The molecule has 0 spiro atoms. The Kier molecular flexibility index (Phi) is 6.85. The minimum atomic E-state index is -1.18. The van der Waals surface area contributed by atoms with Gasteiger partial charge in [-0.3, -0.25) is 28.8 Å². The van der Waals surface area contributed by atoms with Crippen molar-refractivity contribution in [1.29, 1.82) is 0 Å². The van der Waals surface area contributed by atoms with Crippen LogP contribution in [0.1, 0.15) is 49.3 Å². The van der Waals surface area contributed by atoms with E-state index in [1.165, 1.54) is 9.80 Å². The number of aryl methyl sites for hydroxylation is 3. The first-order valence-electron chi connectivity index (χ1n) is 16.3. The summed E-state index contributed by atoms with van der Waals surface area (Å²) in [6.45, 7) is 7.79. The fourth-order valence-electron chi connectivity index (χ4n) is 9.06. The summed E-state index contributed by atoms with van der Waals surface area (Å²) in [6.07, 6.45) is 2.74. The molecule has 6 atom stereocenters. The molecule has 2 aromatic heterocycles. The van der Waals surface area contributed by atoms with Gasteiger partial charge in [0.1, 0.15) is 17.3 Å². The molecule has 1 N–H and O–H groups in total. The number of phenolic OH excluding ortho intramolecular Hbond substituents is 1. The minimum Gasteiger partial charge on any atom is -0.508 e. The molecule has 9 nitrogen and oxygen atoms in total. The fraction of sp³-hybridized carbons (Fsp3) is 0.378. The Morgan fingerprint density at radius 3 is 2.52 bits per heavy atom. The number of aromatic nitrogens is 2. The van der Waals surface area contributed by atoms with Crippen LogP contribution in [0.2, 0.25) is 5.02 Å². The standard InChI is InChI=1S/C37H35ClN4O5S/c1-6-41-33(44)22-10-9-21-24(30(22)35(41)46)15-25-34(45)42(36(47)37(25,4)31(21)19-7-11-27(43)17(2)13-19)29-16-26(39-40(29)5)32-18(3)23-14-20(38)8-12-28(23)48-32/h7-9,11-14,16,22,24-25,30-31,43H,6,10,15H2,1-5H3. The number of thiophene rings is 1. The number of phenols is 1. The Hall–Kier alpha value is -4.28. The van der Waals surface area contributed by atoms with Gasteiger partial charge in [0.05, 0.1) is 28.0 Å². The number of hydrogen-bond acceptors (Lipinski definition) is 7. The van der Waals surface area contributed by atoms with E-state index in [0.29, 0.717) is 35.1 Å². The number of imide groups is 2. The van der Waals surface area contributed by atoms with Gasteiger partial charge < -0.3 is 5.11 Å². The van der Waals surface area contributed by atoms with Crippen molar-refractivity contribution in [3.63, 3.8) is 0 Å². The van der Waals surface area contributed by atoms with Crippen molar-refractivity contribution in [3.05, 3.63) is 75.8 Å². The first-order valence-corrected chi connectivity index (χ1v) is 17.5. The molecule has 2 saturated heterocycles. The molecule has 6 unspecified atom stereocenters. The summed E-state index contributed by atoms with van der Waals surface area (Å²) in [5.41, 5.74) is 2.87. The lowest BCUT2D eigenvalue weighted by Crippen LogP contribution is -2.48. The molecular formula is C37H35ClN4O5S. The molecule has 11 heteroatoms. The number of fused-ring (bicyclic) bond motifs is 5. The van der Waals surface area contributed by atoms with Crippen molar-refractivity contribution >= 4 is 62.5 Å². The van der Waals surface area contributed by atoms with Gasteiger partial charge in [-0.1, -0.05) is 35.4 Å². The fourth-order valence-corrected chi connectivity index (χ4v) is 10.4. The second kappa shape index (κ2) is 10.6. The molecular weight excluding hydrogens is 648 g/mol. The van der Waals surface area contributed by atoms with E-state index in [1.54, 1.807) is 49.0 Å². The van der Waals surface area contributed by atoms with Gasteiger partial charge in [0.25, 0.3) is 0 Å². The summed E-state index contributed by atoms with van der Waals surface area (Å²) in [7, 11) is 1.74. The van der Waals surface area contributed by atoms with E-state index < -0.39 is 29.1 Å². The van der Waals surface area contributed by atoms with Gasteiger partial charge in [-0.15, -0.1) is 11.3 Å². The van der Waals surface area contributed by atoms with Crippen molar-refractivity contribution in [2.75, 3.05) is 11.4 Å². The smallest absolute Gasteiger partial charge is 0.242 e. The second-order valence-corrected chi connectivity index (χ2v) is 15.3. The number of hydrogen-bond donors (Lipinski definition) is 1. The van der Waals surface area contributed by atoms with Crippen LogP contribution in [0.4, 0.5) is 5.82 Å². The second-order valence-electron chi connectivity index (χ2n) is 13.8. The number of nitrogens with zero attached hydrogens (tertiary/aromatic N) is 4. The van der Waals surface area contributed by atoms with Crippen LogP contribution >= 0.6 is 22.9 Å². The Bertz CT molecular complexity index is 2150. The summed E-state index contributed by atoms with van der Waals surface area (Å²) in [5.74, 6) is -3.20. The highest BCUT2D eigenvalue weighted by Gasteiger charge is 2.67. The Morgan fingerprint density at radius 2 is 1.79 bits per heavy atom. The van der Waals surface area contributed by atoms with Crippen molar-refractivity contribution in [1.82, 2.24) is 14.7 Å². The highest BCUT2D eigenvalue weighted by atomic mass is 35.5. The molecule has 3 fully saturated rings. The maximum atomic E-state index is 14.9. The summed E-state index contributed by atoms with van der Waals surface area (Å²) in [6, 6.07) is 12.9. The molecule has 8 rings (SSSR count). The zero-order chi connectivity index (χ0) is 34.0. The van der Waals surface area contributed by atoms with Crippen molar-refractivity contribution in [2.24, 2.45) is 36.1 Å². The van der Waals surface area contributed by atoms with Crippen molar-refractivity contribution in [2.45, 2.75) is 46.5 Å². The van der Waals surface area contributed by atoms with Crippen LogP contribution < -0.4 is 4.90 Å². The molecule has 4 aromatic rings. The molecule has 4 amide bonds. The molecule has 4 aliphatic rings. The van der Waals surface area contributed by atoms with Gasteiger partial charge in [-0.05, 0) is 92.8 Å². The first kappa shape index (κ1) is 31.0. The van der Waals surface area contributed by atoms with E-state index in [9.17, 15) is 24.3 Å². The molecule has 0 radical (unpaired) electrons. The zero-order valence-corrected chi connectivity index (χ0v) is 28.9. The van der Waals surface area contributed by atoms with E-state index in [2.05, 4.69) is 0 Å². The lowest BCUT2D eigenvalue weighted by atomic mass is 9.51. The van der Waals surface area contributed by atoms with Gasteiger partial charge in [-0.2, -0.15) is 5.10 Å². The average molecular weight is 683 g/mol. The number of carbonyl (C=O) groups is 4. The maximum Gasteiger partial charge on any atom is 0.242 e. The lowest BCUT2D eigenvalue weighted by molar-refractivity contribution is -0.140. The number of allylic oxidation sites excluding steroid dienone is 2. The molecule has 2 aliphatic carbocycles. The summed E-state index contributed by atoms with van der Waals surface area (Å²) in [5, 5.41) is 16.9. The topological polar surface area (TPSA) is 113 Å². The van der Waals surface area contributed by atoms with Gasteiger partial charge in [0.15, 0.2) is 0 Å². The summed E-state index contributed by atoms with van der Waals surface area (Å²) < 4.78 is 2.65. The third kappa shape index (κ3) is 4.05. The number of aromatic hydroxyl groups is 1. The SMILES string of the molecule is CCN1C(=O)C2CC=C3C(CC4C(=O)N(c5cc(-c6sc7ccc(Cl)cc7c6C)nn5C)C(=O)C4(C)C3c3ccc(O)c(C)c3)C2C1=O. The Morgan fingerprint density at radius 1 is 1.02 bits per heavy atom. The lowest BCUT2D eigenvalue weighted by Gasteiger charge is -2.49. The van der Waals surface area contributed by atoms with Crippen LogP contribution in [0, 0.1) is 42.9 Å². The Labute approximate surface area is 286 Å². The van der Waals surface area contributed by atoms with Crippen molar-refractivity contribution < 1.29 is 24.3 Å². The van der Waals surface area contributed by atoms with Crippen LogP contribution in [0.5, 0.6) is 5.75 Å². The first-order chi connectivity index (χ1) is 22.9. The van der Waals surface area contributed by atoms with E-state index in [-0.39, 0.29) is 41.7 Å². The quantitative estimate of drug-likeness (QED) is 0.194. The molecule has 1 saturated carbocycles. The van der Waals surface area contributed by atoms with E-state index in [1.807, 2.05) is 50.3 Å². The number of halogens is 1. The molecule has 2 aromatic carbocycles. The third-order valence-electron chi connectivity index (χ3n) is 11.5. The summed E-state index contributed by atoms with van der Waals surface area (Å²) >= 11 is 7.87. The van der Waals surface area contributed by atoms with Crippen LogP contribution in [-0.2, 0) is 26.2 Å². The van der Waals surface area contributed by atoms with Crippen LogP contribution in [-0.4, -0.2) is 50.0 Å². The number of benzene rings is 2. The van der Waals surface area contributed by atoms with Crippen LogP contribution in [0.25, 0.3) is 20.7 Å². The highest BCUT2D eigenvalue weighted by Crippen LogP contribution is 2.63. The predicted octanol–water partition coefficient (Wildman–Crippen LogP) is 6.53. The number of rotatable bonds is 4. The van der Waals surface area contributed by atoms with Gasteiger partial charge in [-0.25, -0.2) is 4.90 Å². The van der Waals surface area contributed by atoms with E-state index in [4.69, 9.17) is 16.7 Å². The van der Waals surface area contributed by atoms with Gasteiger partial charge >= 0.3 is 0 Å². The van der Waals surface area contributed by atoms with Crippen LogP contribution in [0.15, 0.2) is 54.1 Å². The Balaban J connectivity index is 1.26. The van der Waals surface area contributed by atoms with Crippen LogP contribution in [0.3, 0.4) is 0 Å². The molecule has 246 valence electrons. The van der Waals surface area contributed by atoms with E-state index >= 15 is 0 Å². The van der Waals surface area contributed by atoms with Gasteiger partial charge in [0, 0.05) is 35.3 Å². The minimum absolute atomic E-state index is 0.136. The zero-order valence-electron chi connectivity index (χ0n) is 27.3. The average Bonchev–Trinajstić information content (AvgIpc) is 3.72. The third-order valence-corrected chi connectivity index (χ3v) is 13.0. The molecule has 48 heavy (non-hydrogen) atoms. The van der Waals surface area contributed by atoms with Gasteiger partial charge in [0.2, 0.25) is 23.6 Å². The number of carbonyl (C=O) groups excluding carboxylic acids is 4. The highest BCUT2D eigenvalue weighted by molar-refractivity contribution is 7.22.